The molecule has 6 heteroatoms. The summed E-state index contributed by atoms with van der Waals surface area (Å²) in [4.78, 5) is 0. The van der Waals surface area contributed by atoms with E-state index in [-0.39, 0.29) is 11.8 Å². The van der Waals surface area contributed by atoms with Crippen LogP contribution in [-0.4, -0.2) is 31.9 Å². The summed E-state index contributed by atoms with van der Waals surface area (Å²) in [5, 5.41) is 10.4. The van der Waals surface area contributed by atoms with Gasteiger partial charge < -0.3 is 9.84 Å². The maximum absolute atomic E-state index is 11.8. The van der Waals surface area contributed by atoms with Crippen molar-refractivity contribution < 1.29 is 18.3 Å². The van der Waals surface area contributed by atoms with Crippen molar-refractivity contribution in [3.05, 3.63) is 29.8 Å². The van der Waals surface area contributed by atoms with Gasteiger partial charge in [-0.05, 0) is 18.9 Å². The SMILES string of the molecule is O=S(=O)(NC[C@@]1(O)CCOc2ccccc21)C1CC1. The first-order chi connectivity index (χ1) is 9.01. The molecule has 2 N–H and O–H groups in total. The standard InChI is InChI=1S/C13H17NO4S/c15-13(9-14-19(16,17)10-5-6-10)7-8-18-12-4-2-1-3-11(12)13/h1-4,10,14-15H,5-9H2/t13-/m0/s1. The third kappa shape index (κ3) is 2.48. The summed E-state index contributed by atoms with van der Waals surface area (Å²) in [6.45, 7) is 0.394. The van der Waals surface area contributed by atoms with E-state index >= 15 is 0 Å². The van der Waals surface area contributed by atoms with Gasteiger partial charge >= 0.3 is 0 Å². The summed E-state index contributed by atoms with van der Waals surface area (Å²) in [6, 6.07) is 7.21. The topological polar surface area (TPSA) is 75.6 Å². The third-order valence-electron chi connectivity index (χ3n) is 3.69. The van der Waals surface area contributed by atoms with E-state index in [1.54, 1.807) is 12.1 Å². The molecule has 1 aliphatic heterocycles. The maximum atomic E-state index is 11.8. The predicted octanol–water partition coefficient (Wildman–Crippen LogP) is 0.738. The normalized spacial score (nSPS) is 26.6. The Bertz CT molecular complexity index is 582. The number of aliphatic hydroxyl groups is 1. The second-order valence-electron chi connectivity index (χ2n) is 5.19. The molecule has 0 aromatic heterocycles. The average molecular weight is 283 g/mol. The highest BCUT2D eigenvalue weighted by molar-refractivity contribution is 7.90. The summed E-state index contributed by atoms with van der Waals surface area (Å²) in [5.74, 6) is 0.627. The summed E-state index contributed by atoms with van der Waals surface area (Å²) in [7, 11) is -3.28. The van der Waals surface area contributed by atoms with Crippen LogP contribution in [0.15, 0.2) is 24.3 Å². The van der Waals surface area contributed by atoms with Crippen LogP contribution >= 0.6 is 0 Å². The van der Waals surface area contributed by atoms with E-state index in [4.69, 9.17) is 4.74 Å². The molecule has 0 radical (unpaired) electrons. The van der Waals surface area contributed by atoms with E-state index in [1.165, 1.54) is 0 Å². The first kappa shape index (κ1) is 12.9. The van der Waals surface area contributed by atoms with Gasteiger partial charge in [-0.1, -0.05) is 18.2 Å². The number of fused-ring (bicyclic) bond motifs is 1. The average Bonchev–Trinajstić information content (AvgIpc) is 3.22. The number of para-hydroxylation sites is 1. The Morgan fingerprint density at radius 3 is 2.84 bits per heavy atom. The summed E-state index contributed by atoms with van der Waals surface area (Å²) in [6.07, 6.45) is 1.82. The largest absolute Gasteiger partial charge is 0.493 e. The van der Waals surface area contributed by atoms with E-state index in [1.807, 2.05) is 12.1 Å². The molecule has 5 nitrogen and oxygen atoms in total. The zero-order valence-corrected chi connectivity index (χ0v) is 11.3. The van der Waals surface area contributed by atoms with Crippen molar-refractivity contribution >= 4 is 10.0 Å². The highest BCUT2D eigenvalue weighted by Gasteiger charge is 2.40. The van der Waals surface area contributed by atoms with Crippen LogP contribution in [0.5, 0.6) is 5.75 Å². The lowest BCUT2D eigenvalue weighted by Crippen LogP contribution is -2.44. The van der Waals surface area contributed by atoms with Crippen molar-refractivity contribution in [1.82, 2.24) is 4.72 Å². The molecule has 104 valence electrons. The van der Waals surface area contributed by atoms with Gasteiger partial charge in [-0.2, -0.15) is 0 Å². The highest BCUT2D eigenvalue weighted by Crippen LogP contribution is 2.37. The molecule has 3 rings (SSSR count). The van der Waals surface area contributed by atoms with Gasteiger partial charge in [0.15, 0.2) is 0 Å². The molecule has 1 aromatic rings. The Labute approximate surface area is 112 Å². The van der Waals surface area contributed by atoms with Crippen molar-refractivity contribution in [1.29, 1.82) is 0 Å². The molecule has 1 fully saturated rings. The number of ether oxygens (including phenoxy) is 1. The van der Waals surface area contributed by atoms with Crippen LogP contribution in [-0.2, 0) is 15.6 Å². The Morgan fingerprint density at radius 1 is 1.37 bits per heavy atom. The lowest BCUT2D eigenvalue weighted by molar-refractivity contribution is 0.00219. The molecule has 1 aromatic carbocycles. The van der Waals surface area contributed by atoms with Gasteiger partial charge in [-0.15, -0.1) is 0 Å². The number of sulfonamides is 1. The molecule has 2 aliphatic rings. The molecule has 0 saturated heterocycles. The fourth-order valence-electron chi connectivity index (χ4n) is 2.34. The molecule has 1 atom stereocenters. The van der Waals surface area contributed by atoms with Crippen molar-refractivity contribution in [2.45, 2.75) is 30.1 Å². The fourth-order valence-corrected chi connectivity index (χ4v) is 3.77. The smallest absolute Gasteiger partial charge is 0.214 e. The van der Waals surface area contributed by atoms with E-state index < -0.39 is 15.6 Å². The lowest BCUT2D eigenvalue weighted by atomic mass is 9.88. The van der Waals surface area contributed by atoms with Gasteiger partial charge in [0.05, 0.1) is 11.9 Å². The minimum Gasteiger partial charge on any atom is -0.493 e. The zero-order chi connectivity index (χ0) is 13.5. The molecule has 0 spiro atoms. The summed E-state index contributed by atoms with van der Waals surface area (Å²) < 4.78 is 31.7. The lowest BCUT2D eigenvalue weighted by Gasteiger charge is -2.34. The van der Waals surface area contributed by atoms with Crippen molar-refractivity contribution in [2.24, 2.45) is 0 Å². The van der Waals surface area contributed by atoms with Crippen LogP contribution in [0, 0.1) is 0 Å². The Morgan fingerprint density at radius 2 is 2.11 bits per heavy atom. The summed E-state index contributed by atoms with van der Waals surface area (Å²) >= 11 is 0. The molecule has 0 unspecified atom stereocenters. The number of nitrogens with one attached hydrogen (secondary N) is 1. The van der Waals surface area contributed by atoms with Crippen LogP contribution in [0.1, 0.15) is 24.8 Å². The number of hydrogen-bond acceptors (Lipinski definition) is 4. The minimum absolute atomic E-state index is 0.00616. The number of rotatable bonds is 4. The number of hydrogen-bond donors (Lipinski definition) is 2. The second-order valence-corrected chi connectivity index (χ2v) is 7.24. The molecular weight excluding hydrogens is 266 g/mol. The van der Waals surface area contributed by atoms with Gasteiger partial charge in [0.2, 0.25) is 10.0 Å². The Hall–Kier alpha value is -1.11. The Kier molecular flexibility index (Phi) is 3.03. The third-order valence-corrected chi connectivity index (χ3v) is 5.59. The van der Waals surface area contributed by atoms with Crippen LogP contribution in [0.2, 0.25) is 0 Å². The quantitative estimate of drug-likeness (QED) is 0.854. The molecule has 19 heavy (non-hydrogen) atoms. The van der Waals surface area contributed by atoms with Crippen LogP contribution < -0.4 is 9.46 Å². The van der Waals surface area contributed by atoms with Gasteiger partial charge in [0.25, 0.3) is 0 Å². The van der Waals surface area contributed by atoms with Gasteiger partial charge in [-0.25, -0.2) is 13.1 Å². The minimum atomic E-state index is -3.28. The van der Waals surface area contributed by atoms with Gasteiger partial charge in [0, 0.05) is 18.5 Å². The molecule has 1 saturated carbocycles. The van der Waals surface area contributed by atoms with E-state index in [0.29, 0.717) is 37.2 Å². The number of benzene rings is 1. The van der Waals surface area contributed by atoms with E-state index in [9.17, 15) is 13.5 Å². The zero-order valence-electron chi connectivity index (χ0n) is 10.5. The van der Waals surface area contributed by atoms with Crippen molar-refractivity contribution in [3.8, 4) is 5.75 Å². The van der Waals surface area contributed by atoms with E-state index in [0.717, 1.165) is 0 Å². The van der Waals surface area contributed by atoms with Gasteiger partial charge in [-0.3, -0.25) is 0 Å². The van der Waals surface area contributed by atoms with Gasteiger partial charge in [0.1, 0.15) is 11.4 Å². The molecular formula is C13H17NO4S. The van der Waals surface area contributed by atoms with Crippen molar-refractivity contribution in [3.63, 3.8) is 0 Å². The first-order valence-corrected chi connectivity index (χ1v) is 7.99. The summed E-state index contributed by atoms with van der Waals surface area (Å²) in [5.41, 5.74) is -0.531. The second kappa shape index (κ2) is 4.47. The van der Waals surface area contributed by atoms with Crippen LogP contribution in [0.4, 0.5) is 0 Å². The molecule has 1 aliphatic carbocycles. The van der Waals surface area contributed by atoms with Crippen LogP contribution in [0.3, 0.4) is 0 Å². The van der Waals surface area contributed by atoms with Crippen molar-refractivity contribution in [2.75, 3.05) is 13.2 Å². The first-order valence-electron chi connectivity index (χ1n) is 6.44. The fraction of sp³-hybridized carbons (Fsp3) is 0.538. The highest BCUT2D eigenvalue weighted by atomic mass is 32.2. The monoisotopic (exact) mass is 283 g/mol. The maximum Gasteiger partial charge on any atom is 0.214 e. The molecule has 1 heterocycles. The van der Waals surface area contributed by atoms with E-state index in [2.05, 4.69) is 4.72 Å². The Balaban J connectivity index is 1.80. The van der Waals surface area contributed by atoms with Crippen LogP contribution in [0.25, 0.3) is 0 Å². The predicted molar refractivity (Wildman–Crippen MR) is 70.4 cm³/mol. The molecule has 0 amide bonds. The molecule has 0 bridgehead atoms.